The Kier molecular flexibility index (Phi) is 3.55. The van der Waals surface area contributed by atoms with Crippen LogP contribution in [-0.2, 0) is 4.79 Å². The van der Waals surface area contributed by atoms with Gasteiger partial charge < -0.3 is 5.73 Å². The zero-order chi connectivity index (χ0) is 10.4. The van der Waals surface area contributed by atoms with Gasteiger partial charge in [0.15, 0.2) is 6.29 Å². The Morgan fingerprint density at radius 1 is 1.50 bits per heavy atom. The Morgan fingerprint density at radius 2 is 2.29 bits per heavy atom. The lowest BCUT2D eigenvalue weighted by Crippen LogP contribution is -2.07. The summed E-state index contributed by atoms with van der Waals surface area (Å²) in [4.78, 5) is 24.5. The monoisotopic (exact) mass is 190 g/mol. The predicted octanol–water partition coefficient (Wildman–Crippen LogP) is 0.783. The van der Waals surface area contributed by atoms with Crippen LogP contribution in [0.3, 0.4) is 0 Å². The summed E-state index contributed by atoms with van der Waals surface area (Å²) >= 11 is 0. The minimum absolute atomic E-state index is 0.204. The predicted molar refractivity (Wildman–Crippen MR) is 52.5 cm³/mol. The molecule has 1 aromatic rings. The summed E-state index contributed by atoms with van der Waals surface area (Å²) in [7, 11) is 0. The maximum atomic E-state index is 10.4. The van der Waals surface area contributed by atoms with Crippen molar-refractivity contribution in [2.75, 3.05) is 0 Å². The van der Waals surface area contributed by atoms with Crippen LogP contribution >= 0.6 is 0 Å². The molecule has 0 spiro atoms. The molecule has 0 saturated heterocycles. The smallest absolute Gasteiger partial charge is 0.221 e. The number of carbonyl (C=O) groups excluding carboxylic acids is 2. The first-order valence-electron chi connectivity index (χ1n) is 4.08. The van der Waals surface area contributed by atoms with Crippen molar-refractivity contribution in [3.63, 3.8) is 0 Å². The molecule has 4 heteroatoms. The van der Waals surface area contributed by atoms with Crippen LogP contribution in [0.15, 0.2) is 24.4 Å². The molecule has 1 amide bonds. The largest absolute Gasteiger partial charge is 0.369 e. The first-order chi connectivity index (χ1) is 6.72. The van der Waals surface area contributed by atoms with Crippen molar-refractivity contribution in [3.8, 4) is 0 Å². The number of nitrogens with two attached hydrogens (primary N) is 1. The average Bonchev–Trinajstić information content (AvgIpc) is 2.18. The molecule has 0 aliphatic heterocycles. The van der Waals surface area contributed by atoms with E-state index in [-0.39, 0.29) is 12.3 Å². The van der Waals surface area contributed by atoms with Crippen LogP contribution in [0.1, 0.15) is 22.5 Å². The Bertz CT molecular complexity index is 355. The molecule has 0 aromatic carbocycles. The highest BCUT2D eigenvalue weighted by Gasteiger charge is 1.91. The molecule has 0 aliphatic carbocycles. The van der Waals surface area contributed by atoms with E-state index < -0.39 is 0 Å². The zero-order valence-corrected chi connectivity index (χ0v) is 7.51. The number of rotatable bonds is 4. The van der Waals surface area contributed by atoms with Crippen molar-refractivity contribution in [1.82, 2.24) is 4.98 Å². The molecule has 14 heavy (non-hydrogen) atoms. The van der Waals surface area contributed by atoms with E-state index in [9.17, 15) is 9.59 Å². The maximum absolute atomic E-state index is 10.4. The number of primary amides is 1. The Morgan fingerprint density at radius 3 is 2.79 bits per heavy atom. The Labute approximate surface area is 81.4 Å². The second kappa shape index (κ2) is 4.91. The highest BCUT2D eigenvalue weighted by molar-refractivity contribution is 5.76. The van der Waals surface area contributed by atoms with Gasteiger partial charge in [0, 0.05) is 12.6 Å². The van der Waals surface area contributed by atoms with Crippen LogP contribution in [0.25, 0.3) is 6.08 Å². The molecule has 0 radical (unpaired) electrons. The number of aromatic nitrogens is 1. The van der Waals surface area contributed by atoms with E-state index in [2.05, 4.69) is 4.98 Å². The lowest BCUT2D eigenvalue weighted by molar-refractivity contribution is -0.117. The molecule has 0 fully saturated rings. The summed E-state index contributed by atoms with van der Waals surface area (Å²) in [5.74, 6) is -0.376. The third-order valence-corrected chi connectivity index (χ3v) is 1.56. The lowest BCUT2D eigenvalue weighted by Gasteiger charge is -1.92. The number of carbonyl (C=O) groups is 2. The van der Waals surface area contributed by atoms with Gasteiger partial charge in [-0.1, -0.05) is 18.2 Å². The number of hydrogen-bond donors (Lipinski definition) is 1. The molecule has 0 unspecified atom stereocenters. The van der Waals surface area contributed by atoms with E-state index in [1.165, 1.54) is 0 Å². The van der Waals surface area contributed by atoms with Crippen molar-refractivity contribution in [2.45, 2.75) is 6.42 Å². The van der Waals surface area contributed by atoms with E-state index in [0.29, 0.717) is 12.0 Å². The van der Waals surface area contributed by atoms with E-state index in [1.54, 1.807) is 30.5 Å². The number of amides is 1. The molecular formula is C10H10N2O2. The summed E-state index contributed by atoms with van der Waals surface area (Å²) in [6.07, 6.45) is 5.82. The van der Waals surface area contributed by atoms with Gasteiger partial charge in [0.25, 0.3) is 0 Å². The Hall–Kier alpha value is -1.97. The second-order valence-corrected chi connectivity index (χ2v) is 2.71. The van der Waals surface area contributed by atoms with Crippen molar-refractivity contribution in [2.24, 2.45) is 5.73 Å². The number of aldehydes is 1. The van der Waals surface area contributed by atoms with Gasteiger partial charge >= 0.3 is 0 Å². The minimum Gasteiger partial charge on any atom is -0.369 e. The van der Waals surface area contributed by atoms with Crippen LogP contribution < -0.4 is 5.73 Å². The second-order valence-electron chi connectivity index (χ2n) is 2.71. The van der Waals surface area contributed by atoms with Gasteiger partial charge in [-0.25, -0.2) is 0 Å². The van der Waals surface area contributed by atoms with Crippen LogP contribution in [0.2, 0.25) is 0 Å². The fourth-order valence-corrected chi connectivity index (χ4v) is 0.896. The summed E-state index contributed by atoms with van der Waals surface area (Å²) < 4.78 is 0. The molecule has 0 aliphatic rings. The summed E-state index contributed by atoms with van der Waals surface area (Å²) in [6, 6.07) is 3.35. The molecule has 1 aromatic heterocycles. The zero-order valence-electron chi connectivity index (χ0n) is 7.51. The van der Waals surface area contributed by atoms with Gasteiger partial charge in [0.1, 0.15) is 5.69 Å². The van der Waals surface area contributed by atoms with Crippen LogP contribution in [-0.4, -0.2) is 17.2 Å². The van der Waals surface area contributed by atoms with Gasteiger partial charge in [-0.05, 0) is 11.6 Å². The topological polar surface area (TPSA) is 73.1 Å². The van der Waals surface area contributed by atoms with Crippen LogP contribution in [0, 0.1) is 0 Å². The fraction of sp³-hybridized carbons (Fsp3) is 0.100. The molecule has 4 nitrogen and oxygen atoms in total. The number of nitrogens with zero attached hydrogens (tertiary/aromatic N) is 1. The van der Waals surface area contributed by atoms with Crippen LogP contribution in [0.5, 0.6) is 0 Å². The standard InChI is InChI=1S/C10H10N2O2/c11-10(14)3-1-2-8-4-5-9(7-13)12-6-8/h1-2,4-7H,3H2,(H2,11,14). The highest BCUT2D eigenvalue weighted by atomic mass is 16.1. The van der Waals surface area contributed by atoms with E-state index in [0.717, 1.165) is 5.56 Å². The summed E-state index contributed by atoms with van der Waals surface area (Å²) in [5.41, 5.74) is 6.17. The van der Waals surface area contributed by atoms with E-state index >= 15 is 0 Å². The first-order valence-corrected chi connectivity index (χ1v) is 4.08. The number of hydrogen-bond acceptors (Lipinski definition) is 3. The van der Waals surface area contributed by atoms with E-state index in [1.807, 2.05) is 0 Å². The van der Waals surface area contributed by atoms with Gasteiger partial charge in [-0.2, -0.15) is 0 Å². The molecule has 0 bridgehead atoms. The minimum atomic E-state index is -0.376. The lowest BCUT2D eigenvalue weighted by atomic mass is 10.2. The van der Waals surface area contributed by atoms with Crippen molar-refractivity contribution >= 4 is 18.3 Å². The molecule has 72 valence electrons. The third-order valence-electron chi connectivity index (χ3n) is 1.56. The van der Waals surface area contributed by atoms with Gasteiger partial charge in [0.05, 0.1) is 0 Å². The maximum Gasteiger partial charge on any atom is 0.221 e. The van der Waals surface area contributed by atoms with Crippen LogP contribution in [0.4, 0.5) is 0 Å². The van der Waals surface area contributed by atoms with Gasteiger partial charge in [-0.3, -0.25) is 14.6 Å². The normalized spacial score (nSPS) is 10.3. The van der Waals surface area contributed by atoms with E-state index in [4.69, 9.17) is 5.73 Å². The van der Waals surface area contributed by atoms with Gasteiger partial charge in [0.2, 0.25) is 5.91 Å². The van der Waals surface area contributed by atoms with Crippen molar-refractivity contribution in [3.05, 3.63) is 35.7 Å². The first kappa shape index (κ1) is 10.1. The molecular weight excluding hydrogens is 180 g/mol. The fourth-order valence-electron chi connectivity index (χ4n) is 0.896. The SMILES string of the molecule is NC(=O)CC=Cc1ccc(C=O)nc1. The molecule has 1 heterocycles. The van der Waals surface area contributed by atoms with Gasteiger partial charge in [-0.15, -0.1) is 0 Å². The average molecular weight is 190 g/mol. The highest BCUT2D eigenvalue weighted by Crippen LogP contribution is 2.01. The van der Waals surface area contributed by atoms with Crippen molar-refractivity contribution < 1.29 is 9.59 Å². The third kappa shape index (κ3) is 3.18. The number of pyridine rings is 1. The van der Waals surface area contributed by atoms with Crippen molar-refractivity contribution in [1.29, 1.82) is 0 Å². The summed E-state index contributed by atoms with van der Waals surface area (Å²) in [6.45, 7) is 0. The molecule has 1 rings (SSSR count). The molecule has 2 N–H and O–H groups in total. The molecule has 0 saturated carbocycles. The quantitative estimate of drug-likeness (QED) is 0.713. The molecule has 0 atom stereocenters. The summed E-state index contributed by atoms with van der Waals surface area (Å²) in [5, 5.41) is 0. The Balaban J connectivity index is 2.63.